The first-order valence-corrected chi connectivity index (χ1v) is 6.21. The van der Waals surface area contributed by atoms with Crippen LogP contribution in [-0.4, -0.2) is 9.97 Å². The van der Waals surface area contributed by atoms with E-state index >= 15 is 0 Å². The van der Waals surface area contributed by atoms with Gasteiger partial charge < -0.3 is 10.2 Å². The molecule has 3 rings (SSSR count). The van der Waals surface area contributed by atoms with E-state index in [0.29, 0.717) is 17.1 Å². The molecule has 0 spiro atoms. The number of aryl methyl sites for hydroxylation is 2. The number of fused-ring (bicyclic) bond motifs is 1. The van der Waals surface area contributed by atoms with E-state index in [1.165, 1.54) is 11.1 Å². The Morgan fingerprint density at radius 3 is 2.47 bits per heavy atom. The molecule has 0 saturated carbocycles. The van der Waals surface area contributed by atoms with Crippen molar-refractivity contribution < 1.29 is 4.42 Å². The van der Waals surface area contributed by atoms with Crippen LogP contribution < -0.4 is 5.73 Å². The summed E-state index contributed by atoms with van der Waals surface area (Å²) in [6.45, 7) is 4.45. The molecule has 96 valence electrons. The summed E-state index contributed by atoms with van der Waals surface area (Å²) in [6.07, 6.45) is 0. The fourth-order valence-corrected chi connectivity index (χ4v) is 2.23. The van der Waals surface area contributed by atoms with Crippen molar-refractivity contribution in [3.8, 4) is 11.3 Å². The lowest BCUT2D eigenvalue weighted by Gasteiger charge is -2.04. The Kier molecular flexibility index (Phi) is 2.80. The topological polar surface area (TPSA) is 64.9 Å². The molecule has 0 aliphatic carbocycles. The van der Waals surface area contributed by atoms with Crippen LogP contribution in [0.4, 0.5) is 0 Å². The van der Waals surface area contributed by atoms with Crippen LogP contribution in [0.15, 0.2) is 34.7 Å². The van der Waals surface area contributed by atoms with E-state index in [1.54, 1.807) is 0 Å². The van der Waals surface area contributed by atoms with Crippen molar-refractivity contribution in [3.63, 3.8) is 0 Å². The minimum absolute atomic E-state index is 0.287. The normalized spacial score (nSPS) is 11.1. The number of aromatic nitrogens is 2. The average Bonchev–Trinajstić information content (AvgIpc) is 2.79. The van der Waals surface area contributed by atoms with Crippen molar-refractivity contribution >= 4 is 11.2 Å². The first-order chi connectivity index (χ1) is 9.15. The van der Waals surface area contributed by atoms with Crippen molar-refractivity contribution in [2.75, 3.05) is 0 Å². The minimum atomic E-state index is 0.287. The second-order valence-electron chi connectivity index (χ2n) is 4.71. The summed E-state index contributed by atoms with van der Waals surface area (Å²) in [5.41, 5.74) is 11.2. The maximum Gasteiger partial charge on any atom is 0.210 e. The zero-order valence-electron chi connectivity index (χ0n) is 11.0. The third kappa shape index (κ3) is 2.22. The minimum Gasteiger partial charge on any atom is -0.438 e. The number of nitrogens with two attached hydrogens (primary N) is 1. The maximum atomic E-state index is 5.52. The van der Waals surface area contributed by atoms with Crippen LogP contribution >= 0.6 is 0 Å². The highest BCUT2D eigenvalue weighted by molar-refractivity contribution is 5.73. The number of pyridine rings is 1. The van der Waals surface area contributed by atoms with Gasteiger partial charge in [0.2, 0.25) is 5.89 Å². The van der Waals surface area contributed by atoms with E-state index in [2.05, 4.69) is 42.0 Å². The Balaban J connectivity index is 2.14. The van der Waals surface area contributed by atoms with E-state index in [1.807, 2.05) is 12.1 Å². The molecular formula is C15H15N3O. The average molecular weight is 253 g/mol. The van der Waals surface area contributed by atoms with Gasteiger partial charge in [-0.3, -0.25) is 0 Å². The molecule has 0 bridgehead atoms. The SMILES string of the molecule is Cc1cc(C)cc(-c2ccc3oc(CN)nc3n2)c1. The molecule has 4 heteroatoms. The third-order valence-corrected chi connectivity index (χ3v) is 2.99. The highest BCUT2D eigenvalue weighted by Crippen LogP contribution is 2.23. The predicted molar refractivity (Wildman–Crippen MR) is 74.6 cm³/mol. The van der Waals surface area contributed by atoms with Crippen molar-refractivity contribution in [2.24, 2.45) is 5.73 Å². The summed E-state index contributed by atoms with van der Waals surface area (Å²) in [5, 5.41) is 0. The molecule has 0 saturated heterocycles. The predicted octanol–water partition coefficient (Wildman–Crippen LogP) is 2.97. The molecule has 0 aliphatic rings. The van der Waals surface area contributed by atoms with Crippen LogP contribution in [0.1, 0.15) is 17.0 Å². The molecule has 0 aliphatic heterocycles. The zero-order valence-corrected chi connectivity index (χ0v) is 11.0. The van der Waals surface area contributed by atoms with Gasteiger partial charge in [-0.2, -0.15) is 4.98 Å². The molecule has 2 aromatic heterocycles. The monoisotopic (exact) mass is 253 g/mol. The van der Waals surface area contributed by atoms with Crippen LogP contribution in [0, 0.1) is 13.8 Å². The van der Waals surface area contributed by atoms with Crippen LogP contribution in [0.5, 0.6) is 0 Å². The van der Waals surface area contributed by atoms with E-state index in [0.717, 1.165) is 11.3 Å². The maximum absolute atomic E-state index is 5.52. The molecule has 0 unspecified atom stereocenters. The Hall–Kier alpha value is -2.20. The fraction of sp³-hybridized carbons (Fsp3) is 0.200. The van der Waals surface area contributed by atoms with Gasteiger partial charge in [0.25, 0.3) is 0 Å². The summed E-state index contributed by atoms with van der Waals surface area (Å²) < 4.78 is 5.46. The van der Waals surface area contributed by atoms with Crippen LogP contribution in [-0.2, 0) is 6.54 Å². The quantitative estimate of drug-likeness (QED) is 0.762. The number of rotatable bonds is 2. The van der Waals surface area contributed by atoms with Gasteiger partial charge >= 0.3 is 0 Å². The third-order valence-electron chi connectivity index (χ3n) is 2.99. The second-order valence-corrected chi connectivity index (χ2v) is 4.71. The largest absolute Gasteiger partial charge is 0.438 e. The van der Waals surface area contributed by atoms with E-state index < -0.39 is 0 Å². The first kappa shape index (κ1) is 11.9. The summed E-state index contributed by atoms with van der Waals surface area (Å²) in [4.78, 5) is 8.80. The molecule has 0 amide bonds. The highest BCUT2D eigenvalue weighted by atomic mass is 16.3. The van der Waals surface area contributed by atoms with Crippen molar-refractivity contribution in [1.82, 2.24) is 9.97 Å². The molecule has 19 heavy (non-hydrogen) atoms. The molecule has 0 fully saturated rings. The summed E-state index contributed by atoms with van der Waals surface area (Å²) in [5.74, 6) is 0.514. The highest BCUT2D eigenvalue weighted by Gasteiger charge is 2.08. The fourth-order valence-electron chi connectivity index (χ4n) is 2.23. The van der Waals surface area contributed by atoms with Gasteiger partial charge in [-0.1, -0.05) is 17.2 Å². The lowest BCUT2D eigenvalue weighted by atomic mass is 10.0. The first-order valence-electron chi connectivity index (χ1n) is 6.21. The molecule has 3 aromatic rings. The van der Waals surface area contributed by atoms with Gasteiger partial charge in [-0.25, -0.2) is 4.98 Å². The molecular weight excluding hydrogens is 238 g/mol. The smallest absolute Gasteiger partial charge is 0.210 e. The van der Waals surface area contributed by atoms with Gasteiger partial charge in [0.15, 0.2) is 11.2 Å². The van der Waals surface area contributed by atoms with Crippen LogP contribution in [0.3, 0.4) is 0 Å². The van der Waals surface area contributed by atoms with Gasteiger partial charge in [-0.15, -0.1) is 0 Å². The number of oxazole rings is 1. The van der Waals surface area contributed by atoms with Crippen molar-refractivity contribution in [3.05, 3.63) is 47.3 Å². The molecule has 1 aromatic carbocycles. The Morgan fingerprint density at radius 2 is 1.79 bits per heavy atom. The van der Waals surface area contributed by atoms with Gasteiger partial charge in [0.05, 0.1) is 12.2 Å². The van der Waals surface area contributed by atoms with Crippen molar-refractivity contribution in [1.29, 1.82) is 0 Å². The van der Waals surface area contributed by atoms with E-state index in [-0.39, 0.29) is 6.54 Å². The summed E-state index contributed by atoms with van der Waals surface area (Å²) in [6, 6.07) is 10.2. The molecule has 2 N–H and O–H groups in total. The number of hydrogen-bond acceptors (Lipinski definition) is 4. The number of hydrogen-bond donors (Lipinski definition) is 1. The van der Waals surface area contributed by atoms with E-state index in [4.69, 9.17) is 10.2 Å². The molecule has 0 atom stereocenters. The molecule has 0 radical (unpaired) electrons. The lowest BCUT2D eigenvalue weighted by molar-refractivity contribution is 0.533. The van der Waals surface area contributed by atoms with Gasteiger partial charge in [-0.05, 0) is 38.1 Å². The van der Waals surface area contributed by atoms with Crippen LogP contribution in [0.2, 0.25) is 0 Å². The van der Waals surface area contributed by atoms with Crippen molar-refractivity contribution in [2.45, 2.75) is 20.4 Å². The number of nitrogens with zero attached hydrogens (tertiary/aromatic N) is 2. The summed E-state index contributed by atoms with van der Waals surface area (Å²) >= 11 is 0. The van der Waals surface area contributed by atoms with Gasteiger partial charge in [0, 0.05) is 5.56 Å². The lowest BCUT2D eigenvalue weighted by Crippen LogP contribution is -1.95. The number of benzene rings is 1. The summed E-state index contributed by atoms with van der Waals surface area (Å²) in [7, 11) is 0. The molecule has 2 heterocycles. The Morgan fingerprint density at radius 1 is 1.05 bits per heavy atom. The van der Waals surface area contributed by atoms with Gasteiger partial charge in [0.1, 0.15) is 0 Å². The second kappa shape index (κ2) is 4.48. The Bertz CT molecular complexity index is 726. The molecule has 4 nitrogen and oxygen atoms in total. The van der Waals surface area contributed by atoms with Crippen LogP contribution in [0.25, 0.3) is 22.5 Å². The Labute approximate surface area is 111 Å². The standard InChI is InChI=1S/C15H15N3O/c1-9-5-10(2)7-11(6-9)12-3-4-13-15(17-12)18-14(8-16)19-13/h3-7H,8,16H2,1-2H3. The zero-order chi connectivity index (χ0) is 13.4. The van der Waals surface area contributed by atoms with E-state index in [9.17, 15) is 0 Å².